The topological polar surface area (TPSA) is 81.8 Å². The molecule has 4 nitrogen and oxygen atoms in total. The van der Waals surface area contributed by atoms with E-state index in [1.807, 2.05) is 0 Å². The zero-order chi connectivity index (χ0) is 21.6. The minimum Gasteiger partial charge on any atom is -0.222 e. The molecule has 146 valence electrons. The second-order valence-corrected chi connectivity index (χ2v) is 6.03. The summed E-state index contributed by atoms with van der Waals surface area (Å²) in [5, 5.41) is 10.8. The van der Waals surface area contributed by atoms with Gasteiger partial charge in [-0.2, -0.15) is 0 Å². The maximum Gasteiger partial charge on any atom is 0.231 e. The van der Waals surface area contributed by atoms with Crippen LogP contribution in [0.4, 0.5) is 0 Å². The first kappa shape index (κ1) is 21.9. The first-order chi connectivity index (χ1) is 14.8. The third kappa shape index (κ3) is 5.82. The fourth-order valence-electron chi connectivity index (χ4n) is 3.18. The van der Waals surface area contributed by atoms with Gasteiger partial charge in [0.2, 0.25) is 12.2 Å². The third-order valence-electron chi connectivity index (χ3n) is 4.30. The zero-order valence-electron chi connectivity index (χ0n) is 16.2. The average molecular weight is 392 g/mol. The largest absolute Gasteiger partial charge is 0.231 e. The van der Waals surface area contributed by atoms with Gasteiger partial charge < -0.3 is 0 Å². The Balaban J connectivity index is 0.000000480. The monoisotopic (exact) mass is 392 g/mol. The quantitative estimate of drug-likeness (QED) is 0.309. The highest BCUT2D eigenvalue weighted by molar-refractivity contribution is 5.94. The Morgan fingerprint density at radius 3 is 1.07 bits per heavy atom. The maximum absolute atomic E-state index is 8.35. The molecule has 0 unspecified atom stereocenters. The van der Waals surface area contributed by atoms with Crippen molar-refractivity contribution in [3.8, 4) is 33.4 Å². The van der Waals surface area contributed by atoms with Gasteiger partial charge in [-0.15, -0.1) is 0 Å². The van der Waals surface area contributed by atoms with Gasteiger partial charge in [-0.3, -0.25) is 0 Å². The van der Waals surface area contributed by atoms with Crippen molar-refractivity contribution in [1.29, 1.82) is 10.8 Å². The second kappa shape index (κ2) is 12.2. The predicted octanol–water partition coefficient (Wildman–Crippen LogP) is 6.49. The van der Waals surface area contributed by atoms with E-state index in [1.54, 1.807) is 0 Å². The van der Waals surface area contributed by atoms with Gasteiger partial charge in [-0.1, -0.05) is 109 Å². The van der Waals surface area contributed by atoms with Crippen molar-refractivity contribution < 1.29 is 9.59 Å². The lowest BCUT2D eigenvalue weighted by Gasteiger charge is -2.16. The van der Waals surface area contributed by atoms with Crippen molar-refractivity contribution in [1.82, 2.24) is 0 Å². The molecule has 4 rings (SSSR count). The molecule has 0 radical (unpaired) electrons. The van der Waals surface area contributed by atoms with Crippen LogP contribution in [0.15, 0.2) is 109 Å². The molecule has 0 saturated carbocycles. The summed E-state index contributed by atoms with van der Waals surface area (Å²) in [7, 11) is 0. The number of hydrogen-bond acceptors (Lipinski definition) is 4. The van der Waals surface area contributed by atoms with E-state index in [0.29, 0.717) is 0 Å². The number of rotatable bonds is 3. The lowest BCUT2D eigenvalue weighted by Crippen LogP contribution is -1.90. The summed E-state index contributed by atoms with van der Waals surface area (Å²) in [6, 6.07) is 38.4. The van der Waals surface area contributed by atoms with Crippen LogP contribution in [-0.4, -0.2) is 12.2 Å². The molecular formula is C26H20N2O2. The van der Waals surface area contributed by atoms with E-state index in [4.69, 9.17) is 20.4 Å². The van der Waals surface area contributed by atoms with Crippen LogP contribution in [0.3, 0.4) is 0 Å². The minimum atomic E-state index is 0.750. The van der Waals surface area contributed by atoms with E-state index in [1.165, 1.54) is 33.4 Å². The Kier molecular flexibility index (Phi) is 8.90. The second-order valence-electron chi connectivity index (χ2n) is 6.03. The van der Waals surface area contributed by atoms with E-state index >= 15 is 0 Å². The van der Waals surface area contributed by atoms with E-state index in [2.05, 4.69) is 109 Å². The van der Waals surface area contributed by atoms with Crippen molar-refractivity contribution in [3.63, 3.8) is 0 Å². The van der Waals surface area contributed by atoms with Gasteiger partial charge >= 0.3 is 0 Å². The highest BCUT2D eigenvalue weighted by Gasteiger charge is 2.13. The van der Waals surface area contributed by atoms with Crippen LogP contribution in [0, 0.1) is 10.8 Å². The minimum absolute atomic E-state index is 0.750. The zero-order valence-corrected chi connectivity index (χ0v) is 16.2. The van der Waals surface area contributed by atoms with Crippen LogP contribution in [0.25, 0.3) is 33.4 Å². The van der Waals surface area contributed by atoms with Crippen LogP contribution in [0.2, 0.25) is 0 Å². The van der Waals surface area contributed by atoms with Crippen molar-refractivity contribution in [3.05, 3.63) is 109 Å². The fraction of sp³-hybridized carbons (Fsp3) is 0. The lowest BCUT2D eigenvalue weighted by molar-refractivity contribution is 0.562. The summed E-state index contributed by atoms with van der Waals surface area (Å²) in [6.07, 6.45) is 1.50. The van der Waals surface area contributed by atoms with Crippen molar-refractivity contribution >= 4 is 12.2 Å². The molecule has 0 spiro atoms. The molecule has 0 aromatic heterocycles. The number of hydrogen-bond donors (Lipinski definition) is 2. The Morgan fingerprint density at radius 2 is 0.733 bits per heavy atom. The van der Waals surface area contributed by atoms with Crippen molar-refractivity contribution in [2.75, 3.05) is 0 Å². The standard InChI is InChI=1S/C24H18.2CHNO/c1-4-11-19(12-5-1)22-17-10-18-23(20-13-6-2-7-14-20)24(22)21-15-8-3-9-16-21;2*2-1-3/h1-18H;2*2H. The molecule has 0 fully saturated rings. The molecule has 4 aromatic carbocycles. The summed E-state index contributed by atoms with van der Waals surface area (Å²) >= 11 is 0. The van der Waals surface area contributed by atoms with E-state index in [9.17, 15) is 0 Å². The van der Waals surface area contributed by atoms with E-state index < -0.39 is 0 Å². The average Bonchev–Trinajstić information content (AvgIpc) is 2.81. The van der Waals surface area contributed by atoms with Gasteiger partial charge in [-0.05, 0) is 33.4 Å². The van der Waals surface area contributed by atoms with Gasteiger partial charge in [-0.25, -0.2) is 20.4 Å². The normalized spacial score (nSPS) is 8.93. The molecule has 0 amide bonds. The smallest absolute Gasteiger partial charge is 0.222 e. The number of carbonyl (C=O) groups excluding carboxylic acids is 2. The molecule has 0 atom stereocenters. The molecule has 30 heavy (non-hydrogen) atoms. The molecule has 0 aliphatic heterocycles. The highest BCUT2D eigenvalue weighted by Crippen LogP contribution is 2.39. The molecule has 0 saturated heterocycles. The summed E-state index contributed by atoms with van der Waals surface area (Å²) in [5.74, 6) is 0. The highest BCUT2D eigenvalue weighted by atomic mass is 16.1. The number of nitrogens with one attached hydrogen (secondary N) is 2. The summed E-state index contributed by atoms with van der Waals surface area (Å²) in [6.45, 7) is 0. The van der Waals surface area contributed by atoms with Crippen LogP contribution in [0.5, 0.6) is 0 Å². The lowest BCUT2D eigenvalue weighted by atomic mass is 9.88. The molecule has 0 bridgehead atoms. The van der Waals surface area contributed by atoms with E-state index in [0.717, 1.165) is 12.2 Å². The Bertz CT molecular complexity index is 1040. The van der Waals surface area contributed by atoms with Gasteiger partial charge in [0.05, 0.1) is 0 Å². The molecule has 0 aliphatic carbocycles. The van der Waals surface area contributed by atoms with Crippen LogP contribution in [-0.2, 0) is 9.59 Å². The SMILES string of the molecule is N=C=O.N=C=O.c1ccc(-c2cccc(-c3ccccc3)c2-c2ccccc2)cc1. The first-order valence-corrected chi connectivity index (χ1v) is 9.13. The van der Waals surface area contributed by atoms with Gasteiger partial charge in [0, 0.05) is 0 Å². The molecular weight excluding hydrogens is 372 g/mol. The molecule has 2 N–H and O–H groups in total. The number of benzene rings is 4. The van der Waals surface area contributed by atoms with Crippen LogP contribution in [0.1, 0.15) is 0 Å². The fourth-order valence-corrected chi connectivity index (χ4v) is 3.18. The predicted molar refractivity (Wildman–Crippen MR) is 120 cm³/mol. The van der Waals surface area contributed by atoms with Gasteiger partial charge in [0.1, 0.15) is 0 Å². The van der Waals surface area contributed by atoms with Crippen molar-refractivity contribution in [2.24, 2.45) is 0 Å². The van der Waals surface area contributed by atoms with Crippen LogP contribution >= 0.6 is 0 Å². The maximum atomic E-state index is 8.35. The molecule has 0 aliphatic rings. The summed E-state index contributed by atoms with van der Waals surface area (Å²) < 4.78 is 0. The number of isocyanates is 2. The first-order valence-electron chi connectivity index (χ1n) is 9.13. The van der Waals surface area contributed by atoms with Crippen LogP contribution < -0.4 is 0 Å². The summed E-state index contributed by atoms with van der Waals surface area (Å²) in [5.41, 5.74) is 7.56. The van der Waals surface area contributed by atoms with Crippen molar-refractivity contribution in [2.45, 2.75) is 0 Å². The third-order valence-corrected chi connectivity index (χ3v) is 4.30. The molecule has 4 aromatic rings. The van der Waals surface area contributed by atoms with E-state index in [-0.39, 0.29) is 0 Å². The summed E-state index contributed by atoms with van der Waals surface area (Å²) in [4.78, 5) is 16.7. The van der Waals surface area contributed by atoms with Gasteiger partial charge in [0.25, 0.3) is 0 Å². The van der Waals surface area contributed by atoms with Gasteiger partial charge in [0.15, 0.2) is 0 Å². The molecule has 4 heteroatoms. The Hall–Kier alpha value is -4.36. The Morgan fingerprint density at radius 1 is 0.433 bits per heavy atom. The molecule has 0 heterocycles. The Labute approximate surface area is 175 Å².